The Morgan fingerprint density at radius 2 is 2.06 bits per heavy atom. The second-order valence-electron chi connectivity index (χ2n) is 3.81. The van der Waals surface area contributed by atoms with Crippen molar-refractivity contribution in [2.24, 2.45) is 0 Å². The summed E-state index contributed by atoms with van der Waals surface area (Å²) in [6.45, 7) is 4.65. The number of hydrogen-bond acceptors (Lipinski definition) is 2. The van der Waals surface area contributed by atoms with Gasteiger partial charge in [-0.15, -0.1) is 0 Å². The number of nitrogens with zero attached hydrogens (tertiary/aromatic N) is 2. The molecule has 0 fully saturated rings. The third-order valence-electron chi connectivity index (χ3n) is 2.78. The first kappa shape index (κ1) is 14.6. The molecule has 6 heteroatoms. The molecule has 0 aliphatic rings. The number of alkyl halides is 2. The zero-order valence-corrected chi connectivity index (χ0v) is 11.9. The molecule has 3 nitrogen and oxygen atoms in total. The van der Waals surface area contributed by atoms with Crippen LogP contribution in [0.15, 0.2) is 4.47 Å². The van der Waals surface area contributed by atoms with Crippen molar-refractivity contribution in [3.63, 3.8) is 0 Å². The third-order valence-corrected chi connectivity index (χ3v) is 3.70. The van der Waals surface area contributed by atoms with Gasteiger partial charge in [-0.05, 0) is 36.3 Å². The zero-order valence-electron chi connectivity index (χ0n) is 10.3. The lowest BCUT2D eigenvalue weighted by atomic mass is 10.1. The van der Waals surface area contributed by atoms with Crippen LogP contribution in [0, 0.1) is 0 Å². The standard InChI is InChI=1S/C11H18BrF2N3/c1-4-7-10(12)9(17(5-2)16-7)6-8(15-3)11(13)14/h8,11,15H,4-6H2,1-3H3. The number of aryl methyl sites for hydroxylation is 2. The fraction of sp³-hybridized carbons (Fsp3) is 0.727. The van der Waals surface area contributed by atoms with Gasteiger partial charge in [0.1, 0.15) is 0 Å². The number of likely N-dealkylation sites (N-methyl/N-ethyl adjacent to an activating group) is 1. The molecule has 0 spiro atoms. The molecule has 1 unspecified atom stereocenters. The maximum atomic E-state index is 12.7. The summed E-state index contributed by atoms with van der Waals surface area (Å²) in [6.07, 6.45) is -1.31. The first-order chi connectivity index (χ1) is 8.04. The van der Waals surface area contributed by atoms with E-state index in [4.69, 9.17) is 0 Å². The summed E-state index contributed by atoms with van der Waals surface area (Å²) >= 11 is 3.45. The van der Waals surface area contributed by atoms with Crippen LogP contribution in [0.4, 0.5) is 8.78 Å². The smallest absolute Gasteiger partial charge is 0.254 e. The highest BCUT2D eigenvalue weighted by atomic mass is 79.9. The minimum absolute atomic E-state index is 0.273. The maximum Gasteiger partial charge on any atom is 0.254 e. The molecular weight excluding hydrogens is 292 g/mol. The van der Waals surface area contributed by atoms with Gasteiger partial charge in [0.2, 0.25) is 0 Å². The highest BCUT2D eigenvalue weighted by Crippen LogP contribution is 2.24. The monoisotopic (exact) mass is 309 g/mol. The Hall–Kier alpha value is -0.490. The van der Waals surface area contributed by atoms with E-state index in [1.807, 2.05) is 13.8 Å². The minimum Gasteiger partial charge on any atom is -0.312 e. The first-order valence-corrected chi connectivity index (χ1v) is 6.53. The fourth-order valence-corrected chi connectivity index (χ4v) is 2.46. The fourth-order valence-electron chi connectivity index (χ4n) is 1.74. The van der Waals surface area contributed by atoms with E-state index in [9.17, 15) is 8.78 Å². The highest BCUT2D eigenvalue weighted by molar-refractivity contribution is 9.10. The van der Waals surface area contributed by atoms with Gasteiger partial charge in [0, 0.05) is 13.0 Å². The second kappa shape index (κ2) is 6.44. The number of nitrogens with one attached hydrogen (secondary N) is 1. The third kappa shape index (κ3) is 3.25. The van der Waals surface area contributed by atoms with Crippen LogP contribution >= 0.6 is 15.9 Å². The SMILES string of the molecule is CCc1nn(CC)c(CC(NC)C(F)F)c1Br. The van der Waals surface area contributed by atoms with Gasteiger partial charge < -0.3 is 5.32 Å². The minimum atomic E-state index is -2.38. The Morgan fingerprint density at radius 1 is 1.41 bits per heavy atom. The summed E-state index contributed by atoms with van der Waals surface area (Å²) in [4.78, 5) is 0. The summed E-state index contributed by atoms with van der Waals surface area (Å²) in [5.74, 6) is 0. The van der Waals surface area contributed by atoms with Crippen LogP contribution in [-0.2, 0) is 19.4 Å². The molecule has 0 bridgehead atoms. The Morgan fingerprint density at radius 3 is 2.47 bits per heavy atom. The molecule has 1 rings (SSSR count). The Balaban J connectivity index is 2.99. The van der Waals surface area contributed by atoms with E-state index in [0.29, 0.717) is 6.54 Å². The molecule has 0 aromatic carbocycles. The Kier molecular flexibility index (Phi) is 5.52. The van der Waals surface area contributed by atoms with Gasteiger partial charge in [0.25, 0.3) is 6.43 Å². The lowest BCUT2D eigenvalue weighted by Gasteiger charge is -2.15. The van der Waals surface area contributed by atoms with E-state index in [0.717, 1.165) is 22.3 Å². The van der Waals surface area contributed by atoms with Gasteiger partial charge in [-0.3, -0.25) is 4.68 Å². The average molecular weight is 310 g/mol. The van der Waals surface area contributed by atoms with Gasteiger partial charge in [-0.2, -0.15) is 5.10 Å². The maximum absolute atomic E-state index is 12.7. The molecule has 1 N–H and O–H groups in total. The van der Waals surface area contributed by atoms with E-state index < -0.39 is 12.5 Å². The summed E-state index contributed by atoms with van der Waals surface area (Å²) in [7, 11) is 1.55. The van der Waals surface area contributed by atoms with E-state index in [1.165, 1.54) is 0 Å². The molecule has 17 heavy (non-hydrogen) atoms. The van der Waals surface area contributed by atoms with Crippen LogP contribution in [0.1, 0.15) is 25.2 Å². The normalized spacial score (nSPS) is 13.4. The van der Waals surface area contributed by atoms with Crippen LogP contribution in [-0.4, -0.2) is 29.3 Å². The Labute approximate surface area is 109 Å². The molecule has 1 heterocycles. The molecule has 1 aromatic heterocycles. The predicted molar refractivity (Wildman–Crippen MR) is 67.5 cm³/mol. The van der Waals surface area contributed by atoms with Crippen molar-refractivity contribution in [1.29, 1.82) is 0 Å². The van der Waals surface area contributed by atoms with E-state index in [2.05, 4.69) is 26.3 Å². The van der Waals surface area contributed by atoms with E-state index >= 15 is 0 Å². The summed E-state index contributed by atoms with van der Waals surface area (Å²) in [5.41, 5.74) is 1.76. The van der Waals surface area contributed by atoms with Crippen molar-refractivity contribution >= 4 is 15.9 Å². The van der Waals surface area contributed by atoms with Gasteiger partial charge in [-0.25, -0.2) is 8.78 Å². The molecular formula is C11H18BrF2N3. The molecule has 0 amide bonds. The largest absolute Gasteiger partial charge is 0.312 e. The number of halogens is 3. The molecule has 1 atom stereocenters. The van der Waals surface area contributed by atoms with Crippen LogP contribution < -0.4 is 5.32 Å². The molecule has 1 aromatic rings. The van der Waals surface area contributed by atoms with Crippen molar-refractivity contribution in [2.45, 2.75) is 45.7 Å². The van der Waals surface area contributed by atoms with Gasteiger partial charge in [0.15, 0.2) is 0 Å². The van der Waals surface area contributed by atoms with Crippen LogP contribution in [0.3, 0.4) is 0 Å². The molecule has 0 radical (unpaired) electrons. The van der Waals surface area contributed by atoms with Crippen LogP contribution in [0.5, 0.6) is 0 Å². The van der Waals surface area contributed by atoms with Crippen molar-refractivity contribution < 1.29 is 8.78 Å². The quantitative estimate of drug-likeness (QED) is 0.875. The summed E-state index contributed by atoms with van der Waals surface area (Å²) < 4.78 is 28.1. The molecule has 0 aliphatic carbocycles. The number of hydrogen-bond donors (Lipinski definition) is 1. The van der Waals surface area contributed by atoms with Crippen molar-refractivity contribution in [2.75, 3.05) is 7.05 Å². The molecule has 0 saturated heterocycles. The van der Waals surface area contributed by atoms with Gasteiger partial charge in [-0.1, -0.05) is 6.92 Å². The average Bonchev–Trinajstić information content (AvgIpc) is 2.62. The van der Waals surface area contributed by atoms with Gasteiger partial charge in [0.05, 0.1) is 21.9 Å². The summed E-state index contributed by atoms with van der Waals surface area (Å²) in [6, 6.07) is -0.835. The highest BCUT2D eigenvalue weighted by Gasteiger charge is 2.23. The molecule has 98 valence electrons. The second-order valence-corrected chi connectivity index (χ2v) is 4.60. The lowest BCUT2D eigenvalue weighted by Crippen LogP contribution is -2.35. The van der Waals surface area contributed by atoms with Crippen LogP contribution in [0.25, 0.3) is 0 Å². The predicted octanol–water partition coefficient (Wildman–Crippen LogP) is 2.62. The first-order valence-electron chi connectivity index (χ1n) is 5.74. The van der Waals surface area contributed by atoms with E-state index in [-0.39, 0.29) is 6.42 Å². The zero-order chi connectivity index (χ0) is 13.0. The van der Waals surface area contributed by atoms with Crippen molar-refractivity contribution in [3.05, 3.63) is 15.9 Å². The summed E-state index contributed by atoms with van der Waals surface area (Å²) in [5, 5.41) is 7.03. The molecule has 0 saturated carbocycles. The topological polar surface area (TPSA) is 29.9 Å². The van der Waals surface area contributed by atoms with E-state index in [1.54, 1.807) is 11.7 Å². The number of aromatic nitrogens is 2. The van der Waals surface area contributed by atoms with Crippen molar-refractivity contribution in [1.82, 2.24) is 15.1 Å². The number of rotatable bonds is 6. The van der Waals surface area contributed by atoms with Crippen LogP contribution in [0.2, 0.25) is 0 Å². The lowest BCUT2D eigenvalue weighted by molar-refractivity contribution is 0.101. The molecule has 0 aliphatic heterocycles. The van der Waals surface area contributed by atoms with Gasteiger partial charge >= 0.3 is 0 Å². The van der Waals surface area contributed by atoms with Crippen molar-refractivity contribution in [3.8, 4) is 0 Å². The Bertz CT molecular complexity index is 366.